The van der Waals surface area contributed by atoms with E-state index in [0.29, 0.717) is 38.1 Å². The number of benzene rings is 1. The van der Waals surface area contributed by atoms with E-state index in [1.165, 1.54) is 26.2 Å². The number of piperidine rings is 1. The Hall–Kier alpha value is -2.13. The third-order valence-corrected chi connectivity index (χ3v) is 6.04. The molecule has 0 bridgehead atoms. The Bertz CT molecular complexity index is 755. The van der Waals surface area contributed by atoms with Gasteiger partial charge in [-0.25, -0.2) is 17.5 Å². The molecule has 1 fully saturated rings. The summed E-state index contributed by atoms with van der Waals surface area (Å²) in [6, 6.07) is 5.90. The quantitative estimate of drug-likeness (QED) is 0.826. The van der Waals surface area contributed by atoms with Gasteiger partial charge in [-0.1, -0.05) is 6.07 Å². The van der Waals surface area contributed by atoms with Crippen LogP contribution in [0.3, 0.4) is 0 Å². The molecule has 144 valence electrons. The Kier molecular flexibility index (Phi) is 6.60. The van der Waals surface area contributed by atoms with Crippen LogP contribution in [0.25, 0.3) is 0 Å². The molecule has 1 aromatic carbocycles. The second-order valence-corrected chi connectivity index (χ2v) is 8.40. The van der Waals surface area contributed by atoms with Crippen molar-refractivity contribution in [2.75, 3.05) is 33.8 Å². The molecule has 0 atom stereocenters. The van der Waals surface area contributed by atoms with E-state index in [0.717, 1.165) is 4.31 Å². The zero-order valence-corrected chi connectivity index (χ0v) is 16.1. The number of carbonyl (C=O) groups excluding carboxylic acids is 2. The molecule has 1 N–H and O–H groups in total. The maximum atomic E-state index is 12.5. The van der Waals surface area contributed by atoms with Crippen LogP contribution in [0.2, 0.25) is 0 Å². The van der Waals surface area contributed by atoms with Crippen LogP contribution < -0.4 is 5.32 Å². The van der Waals surface area contributed by atoms with E-state index < -0.39 is 10.0 Å². The van der Waals surface area contributed by atoms with Gasteiger partial charge in [-0.2, -0.15) is 0 Å². The van der Waals surface area contributed by atoms with Crippen LogP contribution in [0.1, 0.15) is 30.1 Å². The van der Waals surface area contributed by atoms with Crippen molar-refractivity contribution in [1.29, 1.82) is 0 Å². The largest absolute Gasteiger partial charge is 0.450 e. The number of rotatable bonds is 5. The van der Waals surface area contributed by atoms with Crippen molar-refractivity contribution < 1.29 is 22.7 Å². The Balaban J connectivity index is 1.98. The minimum absolute atomic E-state index is 0.0673. The van der Waals surface area contributed by atoms with E-state index in [-0.39, 0.29) is 22.9 Å². The molecular weight excluding hydrogens is 358 g/mol. The fourth-order valence-electron chi connectivity index (χ4n) is 2.70. The number of nitrogens with zero attached hydrogens (tertiary/aromatic N) is 2. The third-order valence-electron chi connectivity index (χ3n) is 4.23. The van der Waals surface area contributed by atoms with Gasteiger partial charge >= 0.3 is 6.09 Å². The molecule has 1 aliphatic rings. The summed E-state index contributed by atoms with van der Waals surface area (Å²) in [5.41, 5.74) is 0.292. The van der Waals surface area contributed by atoms with Gasteiger partial charge < -0.3 is 15.0 Å². The summed E-state index contributed by atoms with van der Waals surface area (Å²) in [4.78, 5) is 25.8. The molecule has 8 nitrogen and oxygen atoms in total. The van der Waals surface area contributed by atoms with Crippen LogP contribution in [-0.4, -0.2) is 69.5 Å². The average Bonchev–Trinajstić information content (AvgIpc) is 2.62. The smallest absolute Gasteiger partial charge is 0.409 e. The van der Waals surface area contributed by atoms with Crippen LogP contribution in [0, 0.1) is 0 Å². The molecular formula is C17H25N3O5S. The highest BCUT2D eigenvalue weighted by Gasteiger charge is 2.25. The van der Waals surface area contributed by atoms with Gasteiger partial charge in [0.25, 0.3) is 5.91 Å². The first-order valence-corrected chi connectivity index (χ1v) is 9.95. The Morgan fingerprint density at radius 1 is 1.27 bits per heavy atom. The normalized spacial score (nSPS) is 15.8. The molecule has 0 saturated carbocycles. The fraction of sp³-hybridized carbons (Fsp3) is 0.529. The van der Waals surface area contributed by atoms with E-state index in [9.17, 15) is 18.0 Å². The van der Waals surface area contributed by atoms with Crippen molar-refractivity contribution in [3.8, 4) is 0 Å². The highest BCUT2D eigenvalue weighted by molar-refractivity contribution is 7.89. The van der Waals surface area contributed by atoms with E-state index in [1.54, 1.807) is 24.0 Å². The van der Waals surface area contributed by atoms with Gasteiger partial charge in [-0.15, -0.1) is 0 Å². The summed E-state index contributed by atoms with van der Waals surface area (Å²) in [7, 11) is -0.705. The first kappa shape index (κ1) is 20.2. The third kappa shape index (κ3) is 4.73. The monoisotopic (exact) mass is 383 g/mol. The number of amides is 2. The predicted molar refractivity (Wildman–Crippen MR) is 96.4 cm³/mol. The van der Waals surface area contributed by atoms with Gasteiger partial charge in [0, 0.05) is 38.8 Å². The van der Waals surface area contributed by atoms with Gasteiger partial charge in [-0.05, 0) is 38.0 Å². The van der Waals surface area contributed by atoms with Crippen molar-refractivity contribution in [1.82, 2.24) is 14.5 Å². The van der Waals surface area contributed by atoms with Crippen LogP contribution in [0.5, 0.6) is 0 Å². The Morgan fingerprint density at radius 3 is 2.50 bits per heavy atom. The average molecular weight is 383 g/mol. The van der Waals surface area contributed by atoms with Crippen molar-refractivity contribution >= 4 is 22.0 Å². The van der Waals surface area contributed by atoms with Gasteiger partial charge in [0.05, 0.1) is 11.5 Å². The molecule has 1 heterocycles. The molecule has 1 aliphatic heterocycles. The van der Waals surface area contributed by atoms with Crippen molar-refractivity contribution in [3.05, 3.63) is 29.8 Å². The molecule has 2 amide bonds. The first-order chi connectivity index (χ1) is 12.3. The highest BCUT2D eigenvalue weighted by atomic mass is 32.2. The highest BCUT2D eigenvalue weighted by Crippen LogP contribution is 2.16. The number of nitrogens with one attached hydrogen (secondary N) is 1. The molecule has 0 aromatic heterocycles. The molecule has 26 heavy (non-hydrogen) atoms. The van der Waals surface area contributed by atoms with Gasteiger partial charge in [0.2, 0.25) is 10.0 Å². The molecule has 1 aromatic rings. The van der Waals surface area contributed by atoms with E-state index >= 15 is 0 Å². The van der Waals surface area contributed by atoms with E-state index in [1.807, 2.05) is 0 Å². The first-order valence-electron chi connectivity index (χ1n) is 8.51. The van der Waals surface area contributed by atoms with Gasteiger partial charge in [-0.3, -0.25) is 4.79 Å². The van der Waals surface area contributed by atoms with Crippen molar-refractivity contribution in [3.63, 3.8) is 0 Å². The zero-order chi connectivity index (χ0) is 19.3. The Labute approximate surface area is 154 Å². The number of ether oxygens (including phenoxy) is 1. The van der Waals surface area contributed by atoms with Crippen LogP contribution >= 0.6 is 0 Å². The fourth-order valence-corrected chi connectivity index (χ4v) is 3.65. The second kappa shape index (κ2) is 8.50. The molecule has 0 unspecified atom stereocenters. The molecule has 9 heteroatoms. The summed E-state index contributed by atoms with van der Waals surface area (Å²) in [5.74, 6) is -0.324. The minimum Gasteiger partial charge on any atom is -0.450 e. The van der Waals surface area contributed by atoms with Crippen molar-refractivity contribution in [2.24, 2.45) is 0 Å². The summed E-state index contributed by atoms with van der Waals surface area (Å²) in [5, 5.41) is 2.91. The van der Waals surface area contributed by atoms with Crippen molar-refractivity contribution in [2.45, 2.75) is 30.7 Å². The molecule has 0 aliphatic carbocycles. The minimum atomic E-state index is -3.59. The van der Waals surface area contributed by atoms with Crippen LogP contribution in [0.4, 0.5) is 4.79 Å². The SMILES string of the molecule is CCOC(=O)N1CCC(NC(=O)c2cccc(S(=O)(=O)N(C)C)c2)CC1. The summed E-state index contributed by atoms with van der Waals surface area (Å²) in [6.45, 7) is 3.12. The Morgan fingerprint density at radius 2 is 1.92 bits per heavy atom. The topological polar surface area (TPSA) is 96.0 Å². The number of hydrogen-bond donors (Lipinski definition) is 1. The summed E-state index contributed by atoms with van der Waals surface area (Å²) < 4.78 is 30.5. The maximum Gasteiger partial charge on any atom is 0.409 e. The predicted octanol–water partition coefficient (Wildman–Crippen LogP) is 1.29. The van der Waals surface area contributed by atoms with E-state index in [4.69, 9.17) is 4.74 Å². The lowest BCUT2D eigenvalue weighted by atomic mass is 10.0. The van der Waals surface area contributed by atoms with Crippen LogP contribution in [0.15, 0.2) is 29.2 Å². The number of likely N-dealkylation sites (tertiary alicyclic amines) is 1. The molecule has 2 rings (SSSR count). The maximum absolute atomic E-state index is 12.5. The van der Waals surface area contributed by atoms with Crippen LogP contribution in [-0.2, 0) is 14.8 Å². The molecule has 0 spiro atoms. The molecule has 1 saturated heterocycles. The van der Waals surface area contributed by atoms with Gasteiger partial charge in [0.1, 0.15) is 0 Å². The van der Waals surface area contributed by atoms with E-state index in [2.05, 4.69) is 5.32 Å². The zero-order valence-electron chi connectivity index (χ0n) is 15.3. The van der Waals surface area contributed by atoms with Gasteiger partial charge in [0.15, 0.2) is 0 Å². The number of carbonyl (C=O) groups is 2. The number of hydrogen-bond acceptors (Lipinski definition) is 5. The standard InChI is InChI=1S/C17H25N3O5S/c1-4-25-17(22)20-10-8-14(9-11-20)18-16(21)13-6-5-7-15(12-13)26(23,24)19(2)3/h5-7,12,14H,4,8-11H2,1-3H3,(H,18,21). The lowest BCUT2D eigenvalue weighted by molar-refractivity contribution is 0.0860. The second-order valence-electron chi connectivity index (χ2n) is 6.25. The summed E-state index contributed by atoms with van der Waals surface area (Å²) >= 11 is 0. The summed E-state index contributed by atoms with van der Waals surface area (Å²) in [6.07, 6.45) is 0.916. The lowest BCUT2D eigenvalue weighted by Crippen LogP contribution is -2.46. The number of sulfonamides is 1. The molecule has 0 radical (unpaired) electrons. The lowest BCUT2D eigenvalue weighted by Gasteiger charge is -2.31.